The van der Waals surface area contributed by atoms with Crippen molar-refractivity contribution in [2.75, 3.05) is 11.1 Å². The summed E-state index contributed by atoms with van der Waals surface area (Å²) in [4.78, 5) is 31.1. The first-order valence-electron chi connectivity index (χ1n) is 8.15. The van der Waals surface area contributed by atoms with Crippen molar-refractivity contribution >= 4 is 35.0 Å². The summed E-state index contributed by atoms with van der Waals surface area (Å²) in [7, 11) is 0. The fourth-order valence-corrected chi connectivity index (χ4v) is 3.70. The molecule has 0 bridgehead atoms. The van der Waals surface area contributed by atoms with E-state index >= 15 is 0 Å². The van der Waals surface area contributed by atoms with Crippen molar-refractivity contribution in [1.82, 2.24) is 9.97 Å². The molecule has 0 unspecified atom stereocenters. The number of H-pyrrole nitrogens is 1. The van der Waals surface area contributed by atoms with Gasteiger partial charge in [0.1, 0.15) is 0 Å². The topological polar surface area (TPSA) is 74.8 Å². The summed E-state index contributed by atoms with van der Waals surface area (Å²) in [6.45, 7) is 0. The number of anilines is 1. The molecule has 0 radical (unpaired) electrons. The monoisotopic (exact) mass is 417 g/mol. The summed E-state index contributed by atoms with van der Waals surface area (Å²) in [6.07, 6.45) is -1.27. The van der Waals surface area contributed by atoms with Gasteiger partial charge in [-0.15, -0.1) is 0 Å². The van der Waals surface area contributed by atoms with E-state index in [4.69, 9.17) is 11.6 Å². The maximum Gasteiger partial charge on any atom is 0.417 e. The first-order valence-corrected chi connectivity index (χ1v) is 9.52. The van der Waals surface area contributed by atoms with Crippen LogP contribution in [-0.4, -0.2) is 21.6 Å². The Labute approximate surface area is 161 Å². The Morgan fingerprint density at radius 1 is 1.30 bits per heavy atom. The molecule has 2 aromatic rings. The number of carbonyl (C=O) groups is 1. The van der Waals surface area contributed by atoms with Gasteiger partial charge in [-0.1, -0.05) is 23.4 Å². The van der Waals surface area contributed by atoms with Gasteiger partial charge in [0.05, 0.1) is 22.0 Å². The average Bonchev–Trinajstić information content (AvgIpc) is 2.61. The van der Waals surface area contributed by atoms with Crippen LogP contribution in [0.5, 0.6) is 0 Å². The van der Waals surface area contributed by atoms with Gasteiger partial charge in [-0.25, -0.2) is 4.98 Å². The van der Waals surface area contributed by atoms with E-state index in [1.807, 2.05) is 0 Å². The zero-order valence-corrected chi connectivity index (χ0v) is 15.5. The van der Waals surface area contributed by atoms with Crippen molar-refractivity contribution in [3.8, 4) is 0 Å². The maximum atomic E-state index is 12.9. The minimum absolute atomic E-state index is 0.00998. The number of carbonyl (C=O) groups excluding carboxylic acids is 1. The molecule has 1 aliphatic carbocycles. The molecule has 1 aromatic heterocycles. The van der Waals surface area contributed by atoms with Gasteiger partial charge in [-0.05, 0) is 43.9 Å². The number of rotatable bonds is 4. The number of nitrogens with zero attached hydrogens (tertiary/aromatic N) is 1. The third-order valence-electron chi connectivity index (χ3n) is 4.07. The molecule has 1 heterocycles. The zero-order chi connectivity index (χ0) is 19.6. The number of aryl methyl sites for hydroxylation is 1. The standard InChI is InChI=1S/C17H15ClF3N3O2S/c18-12-6-5-9(7-11(12)17(19,20)21)22-14(25)8-27-16-23-13-4-2-1-3-10(13)15(26)24-16/h5-7H,1-4,8H2,(H,22,25)(H,23,24,26). The molecule has 0 aliphatic heterocycles. The molecule has 0 fully saturated rings. The van der Waals surface area contributed by atoms with Crippen LogP contribution in [0.25, 0.3) is 0 Å². The van der Waals surface area contributed by atoms with Gasteiger partial charge >= 0.3 is 6.18 Å². The number of alkyl halides is 3. The summed E-state index contributed by atoms with van der Waals surface area (Å²) in [5, 5.41) is 2.27. The minimum atomic E-state index is -4.61. The normalized spacial score (nSPS) is 13.9. The molecule has 0 saturated heterocycles. The highest BCUT2D eigenvalue weighted by molar-refractivity contribution is 7.99. The SMILES string of the molecule is O=C(CSc1nc2c(c(=O)[nH]1)CCCC2)Nc1ccc(Cl)c(C(F)(F)F)c1. The second kappa shape index (κ2) is 7.93. The number of hydrogen-bond donors (Lipinski definition) is 2. The molecule has 0 atom stereocenters. The Bertz CT molecular complexity index is 931. The predicted octanol–water partition coefficient (Wildman–Crippen LogP) is 4.05. The number of amides is 1. The van der Waals surface area contributed by atoms with Crippen molar-refractivity contribution in [2.24, 2.45) is 0 Å². The number of aromatic nitrogens is 2. The van der Waals surface area contributed by atoms with Crippen LogP contribution in [0.1, 0.15) is 29.7 Å². The first-order chi connectivity index (χ1) is 12.7. The Kier molecular flexibility index (Phi) is 5.81. The fourth-order valence-electron chi connectivity index (χ4n) is 2.80. The highest BCUT2D eigenvalue weighted by atomic mass is 35.5. The quantitative estimate of drug-likeness (QED) is 0.581. The van der Waals surface area contributed by atoms with E-state index < -0.39 is 22.7 Å². The first kappa shape index (κ1) is 19.8. The number of thioether (sulfide) groups is 1. The van der Waals surface area contributed by atoms with Crippen molar-refractivity contribution in [3.05, 3.63) is 50.4 Å². The Morgan fingerprint density at radius 2 is 2.04 bits per heavy atom. The smallest absolute Gasteiger partial charge is 0.325 e. The Balaban J connectivity index is 1.65. The van der Waals surface area contributed by atoms with Crippen LogP contribution in [0, 0.1) is 0 Å². The van der Waals surface area contributed by atoms with Gasteiger partial charge in [0.15, 0.2) is 5.16 Å². The van der Waals surface area contributed by atoms with Crippen LogP contribution >= 0.6 is 23.4 Å². The minimum Gasteiger partial charge on any atom is -0.325 e. The number of hydrogen-bond acceptors (Lipinski definition) is 4. The molecule has 10 heteroatoms. The molecule has 5 nitrogen and oxygen atoms in total. The van der Waals surface area contributed by atoms with Gasteiger partial charge in [0.2, 0.25) is 5.91 Å². The Morgan fingerprint density at radius 3 is 2.78 bits per heavy atom. The average molecular weight is 418 g/mol. The van der Waals surface area contributed by atoms with E-state index in [-0.39, 0.29) is 17.0 Å². The van der Waals surface area contributed by atoms with Crippen molar-refractivity contribution in [1.29, 1.82) is 0 Å². The highest BCUT2D eigenvalue weighted by Gasteiger charge is 2.33. The molecule has 3 rings (SSSR count). The van der Waals surface area contributed by atoms with Crippen LogP contribution in [0.3, 0.4) is 0 Å². The molecule has 2 N–H and O–H groups in total. The van der Waals surface area contributed by atoms with E-state index in [0.717, 1.165) is 48.9 Å². The molecule has 0 spiro atoms. The van der Waals surface area contributed by atoms with E-state index in [9.17, 15) is 22.8 Å². The molecular weight excluding hydrogens is 403 g/mol. The molecule has 1 aliphatic rings. The van der Waals surface area contributed by atoms with Gasteiger partial charge < -0.3 is 10.3 Å². The van der Waals surface area contributed by atoms with Gasteiger partial charge in [0, 0.05) is 11.3 Å². The second-order valence-corrected chi connectivity index (χ2v) is 7.40. The van der Waals surface area contributed by atoms with Crippen LogP contribution in [0.15, 0.2) is 28.2 Å². The maximum absolute atomic E-state index is 12.9. The summed E-state index contributed by atoms with van der Waals surface area (Å²) in [5.74, 6) is -0.623. The van der Waals surface area contributed by atoms with E-state index in [1.165, 1.54) is 6.07 Å². The summed E-state index contributed by atoms with van der Waals surface area (Å²) in [6, 6.07) is 3.15. The van der Waals surface area contributed by atoms with Gasteiger partial charge in [-0.3, -0.25) is 9.59 Å². The summed E-state index contributed by atoms with van der Waals surface area (Å²) >= 11 is 6.57. The van der Waals surface area contributed by atoms with Crippen molar-refractivity contribution in [2.45, 2.75) is 37.0 Å². The summed E-state index contributed by atoms with van der Waals surface area (Å²) < 4.78 is 38.6. The van der Waals surface area contributed by atoms with Crippen molar-refractivity contribution < 1.29 is 18.0 Å². The van der Waals surface area contributed by atoms with Gasteiger partial charge in [-0.2, -0.15) is 13.2 Å². The molecule has 1 aromatic carbocycles. The van der Waals surface area contributed by atoms with E-state index in [0.29, 0.717) is 17.1 Å². The third kappa shape index (κ3) is 4.84. The lowest BCUT2D eigenvalue weighted by molar-refractivity contribution is -0.137. The third-order valence-corrected chi connectivity index (χ3v) is 5.27. The lowest BCUT2D eigenvalue weighted by Gasteiger charge is -2.14. The van der Waals surface area contributed by atoms with E-state index in [1.54, 1.807) is 0 Å². The van der Waals surface area contributed by atoms with E-state index in [2.05, 4.69) is 15.3 Å². The number of fused-ring (bicyclic) bond motifs is 1. The molecular formula is C17H15ClF3N3O2S. The number of halogens is 4. The zero-order valence-electron chi connectivity index (χ0n) is 14.0. The number of benzene rings is 1. The van der Waals surface area contributed by atoms with Gasteiger partial charge in [0.25, 0.3) is 5.56 Å². The summed E-state index contributed by atoms with van der Waals surface area (Å²) in [5.41, 5.74) is 0.214. The number of aromatic amines is 1. The van der Waals surface area contributed by atoms with Crippen LogP contribution < -0.4 is 10.9 Å². The predicted molar refractivity (Wildman–Crippen MR) is 97.3 cm³/mol. The van der Waals surface area contributed by atoms with Crippen LogP contribution in [-0.2, 0) is 23.8 Å². The molecule has 27 heavy (non-hydrogen) atoms. The number of nitrogens with one attached hydrogen (secondary N) is 2. The Hall–Kier alpha value is -2.00. The van der Waals surface area contributed by atoms with Crippen LogP contribution in [0.2, 0.25) is 5.02 Å². The molecule has 144 valence electrons. The highest BCUT2D eigenvalue weighted by Crippen LogP contribution is 2.36. The van der Waals surface area contributed by atoms with Crippen LogP contribution in [0.4, 0.5) is 18.9 Å². The fraction of sp³-hybridized carbons (Fsp3) is 0.353. The largest absolute Gasteiger partial charge is 0.417 e. The molecule has 0 saturated carbocycles. The lowest BCUT2D eigenvalue weighted by atomic mass is 9.97. The lowest BCUT2D eigenvalue weighted by Crippen LogP contribution is -2.22. The molecule has 1 amide bonds. The van der Waals surface area contributed by atoms with Crippen molar-refractivity contribution in [3.63, 3.8) is 0 Å². The second-order valence-electron chi connectivity index (χ2n) is 6.03.